The van der Waals surface area contributed by atoms with E-state index < -0.39 is 54.0 Å². The van der Waals surface area contributed by atoms with Crippen LogP contribution in [0.3, 0.4) is 0 Å². The predicted molar refractivity (Wildman–Crippen MR) is 139 cm³/mol. The van der Waals surface area contributed by atoms with Crippen LogP contribution >= 0.6 is 0 Å². The number of aliphatic hydroxyl groups is 2. The Morgan fingerprint density at radius 3 is 2.11 bits per heavy atom. The normalized spacial score (nSPS) is 16.0. The number of hydrogen-bond donors (Lipinski definition) is 6. The van der Waals surface area contributed by atoms with Gasteiger partial charge in [-0.25, -0.2) is 4.79 Å². The van der Waals surface area contributed by atoms with Crippen molar-refractivity contribution >= 4 is 17.8 Å². The minimum atomic E-state index is -1.39. The first-order valence-electron chi connectivity index (χ1n) is 12.7. The van der Waals surface area contributed by atoms with E-state index in [-0.39, 0.29) is 12.3 Å². The summed E-state index contributed by atoms with van der Waals surface area (Å²) >= 11 is 0. The van der Waals surface area contributed by atoms with Gasteiger partial charge in [0.15, 0.2) is 0 Å². The van der Waals surface area contributed by atoms with E-state index in [2.05, 4.69) is 16.0 Å². The number of carboxylic acid groups (broad SMARTS) is 1. The number of rotatable bonds is 15. The van der Waals surface area contributed by atoms with Gasteiger partial charge in [0.1, 0.15) is 12.3 Å². The average molecular weight is 508 g/mol. The van der Waals surface area contributed by atoms with Crippen LogP contribution in [0, 0.1) is 17.3 Å². The topological polar surface area (TPSA) is 148 Å². The molecule has 0 saturated heterocycles. The number of carboxylic acids is 1. The third-order valence-corrected chi connectivity index (χ3v) is 6.03. The molecule has 0 fully saturated rings. The fourth-order valence-corrected chi connectivity index (χ4v) is 3.69. The third-order valence-electron chi connectivity index (χ3n) is 6.03. The van der Waals surface area contributed by atoms with Gasteiger partial charge >= 0.3 is 5.97 Å². The first-order valence-corrected chi connectivity index (χ1v) is 12.7. The van der Waals surface area contributed by atoms with E-state index in [1.54, 1.807) is 20.8 Å². The lowest BCUT2D eigenvalue weighted by molar-refractivity contribution is -0.145. The Kier molecular flexibility index (Phi) is 13.1. The van der Waals surface area contributed by atoms with Crippen molar-refractivity contribution < 1.29 is 29.7 Å². The van der Waals surface area contributed by atoms with Crippen molar-refractivity contribution in [3.8, 4) is 0 Å². The molecule has 0 aliphatic heterocycles. The van der Waals surface area contributed by atoms with Crippen LogP contribution in [0.25, 0.3) is 0 Å². The van der Waals surface area contributed by atoms with Crippen molar-refractivity contribution in [2.45, 2.75) is 91.6 Å². The van der Waals surface area contributed by atoms with E-state index in [0.29, 0.717) is 25.3 Å². The van der Waals surface area contributed by atoms with E-state index in [0.717, 1.165) is 5.56 Å². The molecule has 36 heavy (non-hydrogen) atoms. The maximum absolute atomic E-state index is 12.9. The molecule has 1 unspecified atom stereocenters. The van der Waals surface area contributed by atoms with Crippen LogP contribution in [0.15, 0.2) is 30.3 Å². The molecule has 0 radical (unpaired) electrons. The highest BCUT2D eigenvalue weighted by Crippen LogP contribution is 2.19. The summed E-state index contributed by atoms with van der Waals surface area (Å²) in [7, 11) is 0. The molecule has 2 amide bonds. The molecule has 1 rings (SSSR count). The minimum absolute atomic E-state index is 0.240. The summed E-state index contributed by atoms with van der Waals surface area (Å²) in [5.41, 5.74) is 0.0831. The zero-order valence-electron chi connectivity index (χ0n) is 22.5. The van der Waals surface area contributed by atoms with Crippen molar-refractivity contribution in [2.75, 3.05) is 6.54 Å². The second-order valence-electron chi connectivity index (χ2n) is 10.9. The molecule has 1 aromatic carbocycles. The summed E-state index contributed by atoms with van der Waals surface area (Å²) in [5, 5.41) is 39.5. The van der Waals surface area contributed by atoms with Gasteiger partial charge in [0.25, 0.3) is 0 Å². The van der Waals surface area contributed by atoms with Crippen LogP contribution in [0.1, 0.15) is 66.4 Å². The molecule has 9 heteroatoms. The predicted octanol–water partition coefficient (Wildman–Crippen LogP) is 2.06. The van der Waals surface area contributed by atoms with Crippen LogP contribution in [0.5, 0.6) is 0 Å². The Bertz CT molecular complexity index is 825. The van der Waals surface area contributed by atoms with Crippen LogP contribution < -0.4 is 16.0 Å². The Morgan fingerprint density at radius 2 is 1.61 bits per heavy atom. The van der Waals surface area contributed by atoms with Crippen LogP contribution in [0.2, 0.25) is 0 Å². The van der Waals surface area contributed by atoms with Gasteiger partial charge in [-0.2, -0.15) is 0 Å². The molecule has 0 bridgehead atoms. The number of aliphatic carboxylic acids is 1. The quantitative estimate of drug-likeness (QED) is 0.199. The van der Waals surface area contributed by atoms with Gasteiger partial charge in [-0.05, 0) is 37.3 Å². The highest BCUT2D eigenvalue weighted by atomic mass is 16.4. The first-order chi connectivity index (χ1) is 16.7. The maximum atomic E-state index is 12.9. The zero-order valence-corrected chi connectivity index (χ0v) is 22.5. The molecular formula is C27H45N3O6. The molecule has 0 spiro atoms. The molecule has 0 aromatic heterocycles. The van der Waals surface area contributed by atoms with Crippen molar-refractivity contribution in [3.63, 3.8) is 0 Å². The van der Waals surface area contributed by atoms with Crippen molar-refractivity contribution in [1.29, 1.82) is 0 Å². The van der Waals surface area contributed by atoms with Crippen LogP contribution in [0.4, 0.5) is 0 Å². The standard InChI is InChI=1S/C27H45N3O6/c1-7-19(24(33)28-16-17(2)3)14-22(31)20(13-18-11-9-8-10-12-18)29-23(32)15-21(25(34)35)30-26(36)27(4,5)6/h8-12,17,19-22,24,28,31,33H,7,13-16H2,1-6H3,(H,29,32)(H,30,36)(H,34,35)/t19-,20+,21+,22+,24?/m1/s1. The van der Waals surface area contributed by atoms with E-state index >= 15 is 0 Å². The summed E-state index contributed by atoms with van der Waals surface area (Å²) in [4.78, 5) is 36.8. The summed E-state index contributed by atoms with van der Waals surface area (Å²) in [6, 6.07) is 7.25. The summed E-state index contributed by atoms with van der Waals surface area (Å²) in [6.45, 7) is 11.6. The minimum Gasteiger partial charge on any atom is -0.480 e. The summed E-state index contributed by atoms with van der Waals surface area (Å²) in [5.74, 6) is -2.27. The van der Waals surface area contributed by atoms with Gasteiger partial charge in [-0.3, -0.25) is 14.9 Å². The van der Waals surface area contributed by atoms with E-state index in [1.807, 2.05) is 51.1 Å². The lowest BCUT2D eigenvalue weighted by Crippen LogP contribution is -2.51. The largest absolute Gasteiger partial charge is 0.480 e. The van der Waals surface area contributed by atoms with Gasteiger partial charge in [0.2, 0.25) is 11.8 Å². The number of nitrogens with one attached hydrogen (secondary N) is 3. The van der Waals surface area contributed by atoms with Gasteiger partial charge in [-0.1, -0.05) is 71.9 Å². The number of aliphatic hydroxyl groups excluding tert-OH is 2. The van der Waals surface area contributed by atoms with Gasteiger partial charge in [0, 0.05) is 11.3 Å². The smallest absolute Gasteiger partial charge is 0.326 e. The highest BCUT2D eigenvalue weighted by molar-refractivity contribution is 5.90. The molecule has 0 aliphatic carbocycles. The Balaban J connectivity index is 2.97. The summed E-state index contributed by atoms with van der Waals surface area (Å²) < 4.78 is 0. The molecular weight excluding hydrogens is 462 g/mol. The molecule has 9 nitrogen and oxygen atoms in total. The Morgan fingerprint density at radius 1 is 1.00 bits per heavy atom. The SMILES string of the molecule is CC[C@H](C[C@H](O)[C@H](Cc1ccccc1)NC(=O)C[C@H](NC(=O)C(C)(C)C)C(=O)O)C(O)NCC(C)C. The van der Waals surface area contributed by atoms with Gasteiger partial charge in [0.05, 0.1) is 18.6 Å². The van der Waals surface area contributed by atoms with Crippen molar-refractivity contribution in [2.24, 2.45) is 17.3 Å². The monoisotopic (exact) mass is 507 g/mol. The van der Waals surface area contributed by atoms with Crippen LogP contribution in [-0.4, -0.2) is 64.1 Å². The summed E-state index contributed by atoms with van der Waals surface area (Å²) in [6.07, 6.45) is -1.07. The average Bonchev–Trinajstić information content (AvgIpc) is 2.79. The van der Waals surface area contributed by atoms with Gasteiger partial charge < -0.3 is 26.0 Å². The third kappa shape index (κ3) is 11.5. The van der Waals surface area contributed by atoms with Crippen molar-refractivity contribution in [1.82, 2.24) is 16.0 Å². The number of carbonyl (C=O) groups is 3. The molecule has 0 heterocycles. The number of amides is 2. The zero-order chi connectivity index (χ0) is 27.5. The second-order valence-corrected chi connectivity index (χ2v) is 10.9. The van der Waals surface area contributed by atoms with Gasteiger partial charge in [-0.15, -0.1) is 0 Å². The highest BCUT2D eigenvalue weighted by Gasteiger charge is 2.31. The molecule has 0 saturated carbocycles. The number of carbonyl (C=O) groups excluding carboxylic acids is 2. The molecule has 5 atom stereocenters. The van der Waals surface area contributed by atoms with E-state index in [1.165, 1.54) is 0 Å². The maximum Gasteiger partial charge on any atom is 0.326 e. The molecule has 204 valence electrons. The lowest BCUT2D eigenvalue weighted by Gasteiger charge is -2.30. The lowest BCUT2D eigenvalue weighted by atomic mass is 9.90. The number of hydrogen-bond acceptors (Lipinski definition) is 6. The first kappa shape index (κ1) is 31.5. The number of benzene rings is 1. The van der Waals surface area contributed by atoms with Crippen molar-refractivity contribution in [3.05, 3.63) is 35.9 Å². The van der Waals surface area contributed by atoms with Crippen LogP contribution in [-0.2, 0) is 20.8 Å². The Labute approximate surface area is 215 Å². The molecule has 1 aromatic rings. The van der Waals surface area contributed by atoms with E-state index in [9.17, 15) is 29.7 Å². The fraction of sp³-hybridized carbons (Fsp3) is 0.667. The molecule has 6 N–H and O–H groups in total. The Hall–Kier alpha value is -2.49. The second kappa shape index (κ2) is 14.9. The fourth-order valence-electron chi connectivity index (χ4n) is 3.69. The molecule has 0 aliphatic rings. The van der Waals surface area contributed by atoms with E-state index in [4.69, 9.17) is 0 Å².